The van der Waals surface area contributed by atoms with Crippen LogP contribution in [0.15, 0.2) is 42.0 Å². The van der Waals surface area contributed by atoms with Crippen LogP contribution in [0.2, 0.25) is 0 Å². The summed E-state index contributed by atoms with van der Waals surface area (Å²) in [5.41, 5.74) is 7.09. The third-order valence-corrected chi connectivity index (χ3v) is 5.82. The third-order valence-electron chi connectivity index (χ3n) is 5.04. The molecule has 160 valence electrons. The van der Waals surface area contributed by atoms with E-state index in [-0.39, 0.29) is 13.2 Å². The number of anilines is 1. The average molecular weight is 438 g/mol. The predicted molar refractivity (Wildman–Crippen MR) is 119 cm³/mol. The van der Waals surface area contributed by atoms with E-state index in [2.05, 4.69) is 15.4 Å². The molecule has 3 heterocycles. The molecule has 4 aromatic rings. The number of thiazole rings is 1. The van der Waals surface area contributed by atoms with Crippen molar-refractivity contribution in [2.45, 2.75) is 31.5 Å². The lowest BCUT2D eigenvalue weighted by Gasteiger charge is -2.12. The van der Waals surface area contributed by atoms with Gasteiger partial charge in [-0.2, -0.15) is 5.10 Å². The maximum Gasteiger partial charge on any atom is 0.164 e. The normalized spacial score (nSPS) is 14.6. The van der Waals surface area contributed by atoms with E-state index in [1.807, 2.05) is 40.5 Å². The summed E-state index contributed by atoms with van der Waals surface area (Å²) < 4.78 is 7.66. The maximum absolute atomic E-state index is 9.67. The van der Waals surface area contributed by atoms with Gasteiger partial charge in [0.15, 0.2) is 11.5 Å². The van der Waals surface area contributed by atoms with Gasteiger partial charge in [-0.25, -0.2) is 19.6 Å². The molecule has 0 bridgehead atoms. The Bertz CT molecular complexity index is 1170. The largest absolute Gasteiger partial charge is 0.491 e. The first-order chi connectivity index (χ1) is 15.2. The molecule has 10 heteroatoms. The average Bonchev–Trinajstić information content (AvgIpc) is 3.33. The third kappa shape index (κ3) is 4.36. The molecule has 5 rings (SSSR count). The minimum Gasteiger partial charge on any atom is -0.491 e. The minimum absolute atomic E-state index is 0.134. The Hall–Kier alpha value is -3.08. The number of nitrogens with zero attached hydrogens (tertiary/aromatic N) is 5. The molecule has 0 spiro atoms. The number of aliphatic hydroxyl groups excluding tert-OH is 1. The number of fused-ring (bicyclic) bond motifs is 1. The molecule has 9 nitrogen and oxygen atoms in total. The summed E-state index contributed by atoms with van der Waals surface area (Å²) >= 11 is 1.60. The van der Waals surface area contributed by atoms with Gasteiger partial charge < -0.3 is 20.9 Å². The molecular weight excluding hydrogens is 414 g/mol. The van der Waals surface area contributed by atoms with E-state index in [0.29, 0.717) is 24.2 Å². The number of hydrogen-bond acceptors (Lipinski definition) is 9. The van der Waals surface area contributed by atoms with Crippen LogP contribution in [-0.2, 0) is 6.54 Å². The van der Waals surface area contributed by atoms with Crippen molar-refractivity contribution in [3.05, 3.63) is 47.0 Å². The minimum atomic E-state index is -0.703. The van der Waals surface area contributed by atoms with E-state index in [9.17, 15) is 5.11 Å². The number of nitrogens with two attached hydrogens (primary N) is 1. The van der Waals surface area contributed by atoms with Crippen molar-refractivity contribution in [3.63, 3.8) is 0 Å². The van der Waals surface area contributed by atoms with E-state index in [4.69, 9.17) is 20.4 Å². The smallest absolute Gasteiger partial charge is 0.164 e. The lowest BCUT2D eigenvalue weighted by Crippen LogP contribution is -2.26. The second-order valence-electron chi connectivity index (χ2n) is 7.46. The second-order valence-corrected chi connectivity index (χ2v) is 8.44. The fourth-order valence-electron chi connectivity index (χ4n) is 3.26. The monoisotopic (exact) mass is 437 g/mol. The number of rotatable bonds is 9. The Morgan fingerprint density at radius 3 is 3.00 bits per heavy atom. The Balaban J connectivity index is 1.50. The summed E-state index contributed by atoms with van der Waals surface area (Å²) in [5, 5.41) is 21.5. The molecule has 4 N–H and O–H groups in total. The summed E-state index contributed by atoms with van der Waals surface area (Å²) in [6.45, 7) is 0.867. The molecule has 1 atom stereocenters. The van der Waals surface area contributed by atoms with E-state index in [0.717, 1.165) is 40.3 Å². The lowest BCUT2D eigenvalue weighted by molar-refractivity contribution is 0.114. The molecule has 1 aliphatic carbocycles. The van der Waals surface area contributed by atoms with Gasteiger partial charge in [0.1, 0.15) is 29.3 Å². The van der Waals surface area contributed by atoms with Gasteiger partial charge in [-0.1, -0.05) is 12.1 Å². The number of benzene rings is 1. The predicted octanol–water partition coefficient (Wildman–Crippen LogP) is 2.60. The summed E-state index contributed by atoms with van der Waals surface area (Å²) in [7, 11) is 0. The van der Waals surface area contributed by atoms with Crippen LogP contribution in [0, 0.1) is 0 Å². The topological polar surface area (TPSA) is 124 Å². The number of nitrogens with one attached hydrogen (secondary N) is 1. The van der Waals surface area contributed by atoms with Crippen molar-refractivity contribution < 1.29 is 9.84 Å². The fourth-order valence-corrected chi connectivity index (χ4v) is 3.82. The van der Waals surface area contributed by atoms with Crippen molar-refractivity contribution in [1.82, 2.24) is 24.7 Å². The van der Waals surface area contributed by atoms with Crippen LogP contribution >= 0.6 is 11.3 Å². The highest BCUT2D eigenvalue weighted by Gasteiger charge is 2.27. The molecular formula is C21H23N7O2S. The maximum atomic E-state index is 9.67. The number of aromatic nitrogens is 5. The van der Waals surface area contributed by atoms with Crippen molar-refractivity contribution >= 4 is 28.2 Å². The zero-order chi connectivity index (χ0) is 21.2. The van der Waals surface area contributed by atoms with Gasteiger partial charge in [0.05, 0.1) is 24.2 Å². The Morgan fingerprint density at radius 2 is 2.23 bits per heavy atom. The number of ether oxygens (including phenoxy) is 1. The number of hydrogen-bond donors (Lipinski definition) is 3. The van der Waals surface area contributed by atoms with E-state index >= 15 is 0 Å². The quantitative estimate of drug-likeness (QED) is 0.365. The molecule has 1 unspecified atom stereocenters. The van der Waals surface area contributed by atoms with Crippen LogP contribution in [0.3, 0.4) is 0 Å². The highest BCUT2D eigenvalue weighted by Crippen LogP contribution is 2.37. The molecule has 0 aliphatic heterocycles. The van der Waals surface area contributed by atoms with Crippen molar-refractivity contribution in [1.29, 1.82) is 0 Å². The SMILES string of the molecule is NCC(O)COc1cccc(-c2nc(NCc3nccs3)c3cnn(C4CC4)c3n2)c1. The first kappa shape index (κ1) is 19.9. The summed E-state index contributed by atoms with van der Waals surface area (Å²) in [4.78, 5) is 14.0. The molecule has 3 aromatic heterocycles. The van der Waals surface area contributed by atoms with Crippen molar-refractivity contribution in [2.75, 3.05) is 18.5 Å². The Morgan fingerprint density at radius 1 is 1.32 bits per heavy atom. The van der Waals surface area contributed by atoms with Crippen LogP contribution in [0.25, 0.3) is 22.4 Å². The van der Waals surface area contributed by atoms with Crippen LogP contribution in [-0.4, -0.2) is 49.1 Å². The number of aliphatic hydroxyl groups is 1. The Labute approximate surface area is 182 Å². The van der Waals surface area contributed by atoms with Crippen LogP contribution < -0.4 is 15.8 Å². The molecule has 1 aromatic carbocycles. The van der Waals surface area contributed by atoms with E-state index in [1.54, 1.807) is 17.5 Å². The van der Waals surface area contributed by atoms with Gasteiger partial charge >= 0.3 is 0 Å². The lowest BCUT2D eigenvalue weighted by atomic mass is 10.2. The Kier molecular flexibility index (Phi) is 5.49. The molecule has 0 radical (unpaired) electrons. The first-order valence-electron chi connectivity index (χ1n) is 10.2. The fraction of sp³-hybridized carbons (Fsp3) is 0.333. The summed E-state index contributed by atoms with van der Waals surface area (Å²) in [5.74, 6) is 1.94. The summed E-state index contributed by atoms with van der Waals surface area (Å²) in [6, 6.07) is 7.93. The van der Waals surface area contributed by atoms with Crippen LogP contribution in [0.1, 0.15) is 23.9 Å². The standard InChI is InChI=1S/C21H23N7O2S/c22-9-15(29)12-30-16-3-1-2-13(8-16)19-26-20(24-11-18-23-6-7-31-18)17-10-25-28(14-4-5-14)21(17)27-19/h1-3,6-8,10,14-15,29H,4-5,9,11-12,22H2,(H,24,26,27). The van der Waals surface area contributed by atoms with Gasteiger partial charge in [0, 0.05) is 23.7 Å². The van der Waals surface area contributed by atoms with Crippen LogP contribution in [0.4, 0.5) is 5.82 Å². The molecule has 0 amide bonds. The van der Waals surface area contributed by atoms with Crippen molar-refractivity contribution in [2.24, 2.45) is 5.73 Å². The molecule has 1 fully saturated rings. The van der Waals surface area contributed by atoms with Gasteiger partial charge in [-0.05, 0) is 25.0 Å². The van der Waals surface area contributed by atoms with Gasteiger partial charge in [-0.15, -0.1) is 11.3 Å². The van der Waals surface area contributed by atoms with Gasteiger partial charge in [-0.3, -0.25) is 0 Å². The van der Waals surface area contributed by atoms with Gasteiger partial charge in [0.2, 0.25) is 0 Å². The van der Waals surface area contributed by atoms with Gasteiger partial charge in [0.25, 0.3) is 0 Å². The zero-order valence-corrected chi connectivity index (χ0v) is 17.6. The molecule has 0 saturated heterocycles. The molecule has 1 saturated carbocycles. The highest BCUT2D eigenvalue weighted by atomic mass is 32.1. The second kappa shape index (κ2) is 8.58. The van der Waals surface area contributed by atoms with E-state index < -0.39 is 6.10 Å². The van der Waals surface area contributed by atoms with Crippen LogP contribution in [0.5, 0.6) is 5.75 Å². The van der Waals surface area contributed by atoms with E-state index in [1.165, 1.54) is 0 Å². The van der Waals surface area contributed by atoms with Crippen molar-refractivity contribution in [3.8, 4) is 17.1 Å². The summed E-state index contributed by atoms with van der Waals surface area (Å²) in [6.07, 6.45) is 5.15. The first-order valence-corrected chi connectivity index (χ1v) is 11.1. The zero-order valence-electron chi connectivity index (χ0n) is 16.8. The molecule has 31 heavy (non-hydrogen) atoms. The molecule has 1 aliphatic rings. The highest BCUT2D eigenvalue weighted by molar-refractivity contribution is 7.09.